The zero-order chi connectivity index (χ0) is 26.7. The molecule has 9 nitrogen and oxygen atoms in total. The molecule has 0 amide bonds. The van der Waals surface area contributed by atoms with Gasteiger partial charge in [0.2, 0.25) is 5.56 Å². The van der Waals surface area contributed by atoms with E-state index < -0.39 is 6.10 Å². The molecule has 0 saturated carbocycles. The van der Waals surface area contributed by atoms with E-state index in [-0.39, 0.29) is 11.3 Å². The van der Waals surface area contributed by atoms with E-state index in [0.29, 0.717) is 55.9 Å². The van der Waals surface area contributed by atoms with Crippen molar-refractivity contribution in [3.63, 3.8) is 0 Å². The highest BCUT2D eigenvalue weighted by Crippen LogP contribution is 2.28. The average Bonchev–Trinajstić information content (AvgIpc) is 2.93. The summed E-state index contributed by atoms with van der Waals surface area (Å²) in [6, 6.07) is 22.1. The number of rotatable bonds is 14. The number of nitrogens with one attached hydrogen (secondary N) is 3. The third-order valence-corrected chi connectivity index (χ3v) is 6.05. The van der Waals surface area contributed by atoms with Crippen LogP contribution in [0.4, 0.5) is 11.4 Å². The summed E-state index contributed by atoms with van der Waals surface area (Å²) in [5.74, 6) is 0.763. The van der Waals surface area contributed by atoms with Crippen LogP contribution in [-0.4, -0.2) is 54.7 Å². The Morgan fingerprint density at radius 1 is 0.895 bits per heavy atom. The standard InChI is InChI=1S/C29H34N4O5/c30-14-16-37-17-18-38-23-7-5-22(6-8-23)32-21-3-1-20(2-4-21)13-15-31-19-27(35)24-9-11-26(34)29-25(24)10-12-28(36)33-29/h1-12,27,31-32,34-35H,13-19,30H2,(H,33,36)/t27-/m0/s1. The summed E-state index contributed by atoms with van der Waals surface area (Å²) >= 11 is 0. The van der Waals surface area contributed by atoms with Crippen molar-refractivity contribution in [3.05, 3.63) is 94.3 Å². The maximum atomic E-state index is 11.6. The van der Waals surface area contributed by atoms with Gasteiger partial charge in [-0.15, -0.1) is 0 Å². The number of aliphatic hydroxyl groups is 1. The molecule has 1 aromatic heterocycles. The Hall–Kier alpha value is -3.89. The largest absolute Gasteiger partial charge is 0.506 e. The Balaban J connectivity index is 1.21. The number of benzene rings is 3. The van der Waals surface area contributed by atoms with E-state index >= 15 is 0 Å². The minimum absolute atomic E-state index is 0.0224. The first-order valence-electron chi connectivity index (χ1n) is 12.6. The molecule has 38 heavy (non-hydrogen) atoms. The summed E-state index contributed by atoms with van der Waals surface area (Å²) in [6.45, 7) is 3.08. The first kappa shape index (κ1) is 27.2. The molecule has 7 N–H and O–H groups in total. The lowest BCUT2D eigenvalue weighted by atomic mass is 10.0. The Labute approximate surface area is 221 Å². The molecule has 0 unspecified atom stereocenters. The Morgan fingerprint density at radius 3 is 2.37 bits per heavy atom. The zero-order valence-corrected chi connectivity index (χ0v) is 21.2. The third kappa shape index (κ3) is 7.56. The molecule has 0 radical (unpaired) electrons. The topological polar surface area (TPSA) is 142 Å². The molecule has 0 aliphatic carbocycles. The molecular formula is C29H34N4O5. The normalized spacial score (nSPS) is 11.9. The first-order valence-corrected chi connectivity index (χ1v) is 12.6. The monoisotopic (exact) mass is 518 g/mol. The number of phenolic OH excluding ortho intramolecular Hbond substituents is 1. The molecule has 4 aromatic rings. The van der Waals surface area contributed by atoms with Crippen LogP contribution in [0.5, 0.6) is 11.5 Å². The lowest BCUT2D eigenvalue weighted by molar-refractivity contribution is 0.106. The molecule has 0 fully saturated rings. The molecule has 0 spiro atoms. The number of aromatic nitrogens is 1. The van der Waals surface area contributed by atoms with Gasteiger partial charge in [-0.2, -0.15) is 0 Å². The number of hydrogen-bond donors (Lipinski definition) is 6. The number of anilines is 2. The smallest absolute Gasteiger partial charge is 0.248 e. The molecule has 200 valence electrons. The summed E-state index contributed by atoms with van der Waals surface area (Å²) < 4.78 is 11.0. The van der Waals surface area contributed by atoms with Gasteiger partial charge in [0.15, 0.2) is 0 Å². The summed E-state index contributed by atoms with van der Waals surface area (Å²) in [4.78, 5) is 14.2. The van der Waals surface area contributed by atoms with Gasteiger partial charge in [0, 0.05) is 35.9 Å². The minimum atomic E-state index is -0.781. The van der Waals surface area contributed by atoms with E-state index in [4.69, 9.17) is 15.2 Å². The highest BCUT2D eigenvalue weighted by Gasteiger charge is 2.13. The highest BCUT2D eigenvalue weighted by molar-refractivity contribution is 5.87. The number of aromatic hydroxyl groups is 1. The van der Waals surface area contributed by atoms with Gasteiger partial charge in [0.25, 0.3) is 0 Å². The van der Waals surface area contributed by atoms with E-state index in [1.165, 1.54) is 17.7 Å². The predicted molar refractivity (Wildman–Crippen MR) is 149 cm³/mol. The van der Waals surface area contributed by atoms with Crippen molar-refractivity contribution in [2.45, 2.75) is 12.5 Å². The van der Waals surface area contributed by atoms with Crippen LogP contribution in [0.25, 0.3) is 10.9 Å². The summed E-state index contributed by atoms with van der Waals surface area (Å²) in [5, 5.41) is 28.0. The van der Waals surface area contributed by atoms with Gasteiger partial charge < -0.3 is 41.0 Å². The lowest BCUT2D eigenvalue weighted by Gasteiger charge is -2.15. The average molecular weight is 519 g/mol. The summed E-state index contributed by atoms with van der Waals surface area (Å²) in [5.41, 5.74) is 9.18. The fourth-order valence-corrected chi connectivity index (χ4v) is 4.09. The van der Waals surface area contributed by atoms with Gasteiger partial charge in [-0.05, 0) is 72.6 Å². The van der Waals surface area contributed by atoms with Crippen LogP contribution >= 0.6 is 0 Å². The molecule has 3 aromatic carbocycles. The van der Waals surface area contributed by atoms with Gasteiger partial charge in [-0.25, -0.2) is 0 Å². The second-order valence-electron chi connectivity index (χ2n) is 8.85. The third-order valence-electron chi connectivity index (χ3n) is 6.05. The van der Waals surface area contributed by atoms with E-state index in [1.54, 1.807) is 12.1 Å². The fraction of sp³-hybridized carbons (Fsp3) is 0.276. The predicted octanol–water partition coefficient (Wildman–Crippen LogP) is 3.20. The van der Waals surface area contributed by atoms with E-state index in [2.05, 4.69) is 27.8 Å². The van der Waals surface area contributed by atoms with Crippen LogP contribution in [0.3, 0.4) is 0 Å². The van der Waals surface area contributed by atoms with E-state index in [1.807, 2.05) is 36.4 Å². The van der Waals surface area contributed by atoms with Crippen LogP contribution in [0.2, 0.25) is 0 Å². The van der Waals surface area contributed by atoms with Crippen molar-refractivity contribution in [1.82, 2.24) is 10.3 Å². The number of fused-ring (bicyclic) bond motifs is 1. The molecule has 1 heterocycles. The van der Waals surface area contributed by atoms with Crippen molar-refractivity contribution < 1.29 is 19.7 Å². The van der Waals surface area contributed by atoms with Crippen molar-refractivity contribution >= 4 is 22.3 Å². The van der Waals surface area contributed by atoms with Crippen molar-refractivity contribution in [2.75, 3.05) is 44.8 Å². The second kappa shape index (κ2) is 13.6. The second-order valence-corrected chi connectivity index (χ2v) is 8.85. The molecule has 1 atom stereocenters. The maximum absolute atomic E-state index is 11.6. The number of aliphatic hydroxyl groups excluding tert-OH is 1. The van der Waals surface area contributed by atoms with Gasteiger partial charge >= 0.3 is 0 Å². The lowest BCUT2D eigenvalue weighted by Crippen LogP contribution is -2.24. The minimum Gasteiger partial charge on any atom is -0.506 e. The van der Waals surface area contributed by atoms with Crippen molar-refractivity contribution in [2.24, 2.45) is 5.73 Å². The van der Waals surface area contributed by atoms with Crippen LogP contribution in [0.1, 0.15) is 17.2 Å². The molecular weight excluding hydrogens is 484 g/mol. The summed E-state index contributed by atoms with van der Waals surface area (Å²) in [6.07, 6.45) is 0.0226. The molecule has 4 rings (SSSR count). The van der Waals surface area contributed by atoms with Crippen molar-refractivity contribution in [3.8, 4) is 11.5 Å². The number of pyridine rings is 1. The maximum Gasteiger partial charge on any atom is 0.248 e. The molecule has 0 aliphatic heterocycles. The zero-order valence-electron chi connectivity index (χ0n) is 21.2. The number of hydrogen-bond acceptors (Lipinski definition) is 8. The fourth-order valence-electron chi connectivity index (χ4n) is 4.09. The first-order chi connectivity index (χ1) is 18.5. The highest BCUT2D eigenvalue weighted by atomic mass is 16.5. The Kier molecular flexibility index (Phi) is 9.71. The van der Waals surface area contributed by atoms with E-state index in [0.717, 1.165) is 23.5 Å². The number of nitrogens with two attached hydrogens (primary N) is 1. The molecule has 9 heteroatoms. The van der Waals surface area contributed by atoms with Gasteiger partial charge in [0.05, 0.1) is 24.8 Å². The number of phenols is 1. The van der Waals surface area contributed by atoms with Crippen LogP contribution in [0, 0.1) is 0 Å². The summed E-state index contributed by atoms with van der Waals surface area (Å²) in [7, 11) is 0. The van der Waals surface area contributed by atoms with Gasteiger partial charge in [-0.3, -0.25) is 4.79 Å². The van der Waals surface area contributed by atoms with Gasteiger partial charge in [0.1, 0.15) is 18.1 Å². The SMILES string of the molecule is NCCOCCOc1ccc(Nc2ccc(CCNC[C@H](O)c3ccc(O)c4[nH]c(=O)ccc34)cc2)cc1. The van der Waals surface area contributed by atoms with Crippen LogP contribution in [-0.2, 0) is 11.2 Å². The van der Waals surface area contributed by atoms with E-state index in [9.17, 15) is 15.0 Å². The van der Waals surface area contributed by atoms with Crippen LogP contribution < -0.4 is 26.7 Å². The number of ether oxygens (including phenoxy) is 2. The number of aromatic amines is 1. The quantitative estimate of drug-likeness (QED) is 0.140. The van der Waals surface area contributed by atoms with Crippen molar-refractivity contribution in [1.29, 1.82) is 0 Å². The Morgan fingerprint density at radius 2 is 1.63 bits per heavy atom. The molecule has 0 saturated heterocycles. The molecule has 0 bridgehead atoms. The number of H-pyrrole nitrogens is 1. The molecule has 0 aliphatic rings. The Bertz CT molecular complexity index is 1360. The van der Waals surface area contributed by atoms with Crippen LogP contribution in [0.15, 0.2) is 77.6 Å². The van der Waals surface area contributed by atoms with Gasteiger partial charge in [-0.1, -0.05) is 18.2 Å².